The Kier molecular flexibility index (Phi) is 6.73. The molecule has 0 aliphatic heterocycles. The van der Waals surface area contributed by atoms with Crippen molar-refractivity contribution in [2.24, 2.45) is 5.92 Å². The summed E-state index contributed by atoms with van der Waals surface area (Å²) < 4.78 is 11.0. The number of allylic oxidation sites excluding steroid dienone is 1. The summed E-state index contributed by atoms with van der Waals surface area (Å²) in [6, 6.07) is 14.6. The zero-order valence-electron chi connectivity index (χ0n) is 15.8. The Bertz CT molecular complexity index is 906. The predicted octanol–water partition coefficient (Wildman–Crippen LogP) is 5.90. The minimum absolute atomic E-state index is 0.0341. The highest BCUT2D eigenvalue weighted by Crippen LogP contribution is 2.32. The molecule has 28 heavy (non-hydrogen) atoms. The minimum Gasteiger partial charge on any atom is -0.493 e. The number of ether oxygens (including phenoxy) is 2. The number of carbonyl (C=O) groups excluding carboxylic acids is 1. The number of hydrogen-bond donors (Lipinski definition) is 0. The summed E-state index contributed by atoms with van der Waals surface area (Å²) in [5, 5.41) is 10.1. The van der Waals surface area contributed by atoms with Crippen LogP contribution in [0.15, 0.2) is 42.5 Å². The fourth-order valence-electron chi connectivity index (χ4n) is 3.36. The van der Waals surface area contributed by atoms with Crippen LogP contribution >= 0.6 is 11.6 Å². The molecule has 0 amide bonds. The van der Waals surface area contributed by atoms with Crippen LogP contribution in [0, 0.1) is 17.2 Å². The van der Waals surface area contributed by atoms with Gasteiger partial charge in [-0.3, -0.25) is 4.79 Å². The number of hydrogen-bond acceptors (Lipinski definition) is 4. The number of halogens is 1. The summed E-state index contributed by atoms with van der Waals surface area (Å²) in [5.41, 5.74) is 2.06. The monoisotopic (exact) mass is 395 g/mol. The lowest BCUT2D eigenvalue weighted by molar-refractivity contribution is -0.140. The van der Waals surface area contributed by atoms with E-state index in [2.05, 4.69) is 6.07 Å². The van der Waals surface area contributed by atoms with E-state index in [1.54, 1.807) is 48.5 Å². The average molecular weight is 396 g/mol. The van der Waals surface area contributed by atoms with Crippen LogP contribution in [0.2, 0.25) is 5.02 Å². The molecule has 0 unspecified atom stereocenters. The van der Waals surface area contributed by atoms with Crippen molar-refractivity contribution in [1.29, 1.82) is 5.26 Å². The smallest absolute Gasteiger partial charge is 0.314 e. The molecule has 0 radical (unpaired) electrons. The van der Waals surface area contributed by atoms with E-state index in [0.717, 1.165) is 36.8 Å². The van der Waals surface area contributed by atoms with Gasteiger partial charge >= 0.3 is 5.97 Å². The standard InChI is InChI=1S/C23H22ClNO3/c1-27-22-14-16(13-19(15-25)17-8-10-20(24)11-9-17)7-12-21(22)28-23(26)18-5-3-2-4-6-18/h7-14,18H,2-6H2,1H3/b19-13+. The number of nitrogens with zero attached hydrogens (tertiary/aromatic N) is 1. The molecule has 0 spiro atoms. The molecule has 1 saturated carbocycles. The first-order valence-corrected chi connectivity index (χ1v) is 9.76. The Morgan fingerprint density at radius 3 is 2.46 bits per heavy atom. The van der Waals surface area contributed by atoms with Gasteiger partial charge in [0.25, 0.3) is 0 Å². The summed E-state index contributed by atoms with van der Waals surface area (Å²) in [6.45, 7) is 0. The molecule has 5 heteroatoms. The summed E-state index contributed by atoms with van der Waals surface area (Å²) in [6.07, 6.45) is 6.86. The lowest BCUT2D eigenvalue weighted by atomic mass is 9.89. The Hall–Kier alpha value is -2.77. The zero-order valence-corrected chi connectivity index (χ0v) is 16.5. The Morgan fingerprint density at radius 2 is 1.82 bits per heavy atom. The van der Waals surface area contributed by atoms with Crippen LogP contribution in [0.5, 0.6) is 11.5 Å². The molecule has 0 bridgehead atoms. The minimum atomic E-state index is -0.194. The van der Waals surface area contributed by atoms with Crippen molar-refractivity contribution in [1.82, 2.24) is 0 Å². The third-order valence-corrected chi connectivity index (χ3v) is 5.18. The second-order valence-corrected chi connectivity index (χ2v) is 7.28. The zero-order chi connectivity index (χ0) is 19.9. The van der Waals surface area contributed by atoms with Crippen molar-refractivity contribution in [2.75, 3.05) is 7.11 Å². The predicted molar refractivity (Wildman–Crippen MR) is 110 cm³/mol. The van der Waals surface area contributed by atoms with Gasteiger partial charge in [-0.15, -0.1) is 0 Å². The second kappa shape index (κ2) is 9.43. The van der Waals surface area contributed by atoms with Gasteiger partial charge < -0.3 is 9.47 Å². The highest BCUT2D eigenvalue weighted by molar-refractivity contribution is 6.30. The molecule has 144 valence electrons. The van der Waals surface area contributed by atoms with E-state index >= 15 is 0 Å². The molecule has 1 aliphatic rings. The van der Waals surface area contributed by atoms with Crippen molar-refractivity contribution in [3.8, 4) is 17.6 Å². The third kappa shape index (κ3) is 4.94. The average Bonchev–Trinajstić information content (AvgIpc) is 2.74. The van der Waals surface area contributed by atoms with E-state index in [0.29, 0.717) is 22.1 Å². The van der Waals surface area contributed by atoms with Gasteiger partial charge in [0.1, 0.15) is 0 Å². The number of benzene rings is 2. The molecule has 0 atom stereocenters. The Labute approximate surface area is 170 Å². The highest BCUT2D eigenvalue weighted by atomic mass is 35.5. The van der Waals surface area contributed by atoms with Crippen molar-refractivity contribution in [3.63, 3.8) is 0 Å². The molecule has 2 aromatic rings. The molecule has 4 nitrogen and oxygen atoms in total. The second-order valence-electron chi connectivity index (χ2n) is 6.84. The number of methoxy groups -OCH3 is 1. The fourth-order valence-corrected chi connectivity index (χ4v) is 3.49. The number of carbonyl (C=O) groups is 1. The fraction of sp³-hybridized carbons (Fsp3) is 0.304. The Morgan fingerprint density at radius 1 is 1.11 bits per heavy atom. The molecule has 0 N–H and O–H groups in total. The van der Waals surface area contributed by atoms with Crippen LogP contribution in [-0.2, 0) is 4.79 Å². The maximum atomic E-state index is 12.4. The number of nitriles is 1. The first-order valence-electron chi connectivity index (χ1n) is 9.38. The van der Waals surface area contributed by atoms with Crippen LogP contribution in [0.1, 0.15) is 43.2 Å². The van der Waals surface area contributed by atoms with Crippen LogP contribution < -0.4 is 9.47 Å². The van der Waals surface area contributed by atoms with Gasteiger partial charge in [-0.25, -0.2) is 0 Å². The van der Waals surface area contributed by atoms with Gasteiger partial charge in [-0.2, -0.15) is 5.26 Å². The van der Waals surface area contributed by atoms with Gasteiger partial charge in [0.15, 0.2) is 11.5 Å². The molecule has 1 fully saturated rings. The van der Waals surface area contributed by atoms with E-state index in [9.17, 15) is 10.1 Å². The first-order chi connectivity index (χ1) is 13.6. The SMILES string of the molecule is COc1cc(/C=C(\C#N)c2ccc(Cl)cc2)ccc1OC(=O)C1CCCCC1. The van der Waals surface area contributed by atoms with Gasteiger partial charge in [0, 0.05) is 5.02 Å². The largest absolute Gasteiger partial charge is 0.493 e. The van der Waals surface area contributed by atoms with Crippen LogP contribution in [0.4, 0.5) is 0 Å². The topological polar surface area (TPSA) is 59.3 Å². The van der Waals surface area contributed by atoms with Gasteiger partial charge in [0.2, 0.25) is 0 Å². The van der Waals surface area contributed by atoms with Gasteiger partial charge in [-0.05, 0) is 54.3 Å². The molecule has 0 heterocycles. The lowest BCUT2D eigenvalue weighted by Crippen LogP contribution is -2.22. The summed E-state index contributed by atoms with van der Waals surface area (Å²) in [4.78, 5) is 12.4. The van der Waals surface area contributed by atoms with Crippen molar-refractivity contribution in [3.05, 3.63) is 58.6 Å². The molecule has 2 aromatic carbocycles. The lowest BCUT2D eigenvalue weighted by Gasteiger charge is -2.20. The van der Waals surface area contributed by atoms with Crippen molar-refractivity contribution >= 4 is 29.2 Å². The van der Waals surface area contributed by atoms with E-state index in [4.69, 9.17) is 21.1 Å². The van der Waals surface area contributed by atoms with E-state index in [-0.39, 0.29) is 11.9 Å². The molecular weight excluding hydrogens is 374 g/mol. The van der Waals surface area contributed by atoms with E-state index < -0.39 is 0 Å². The maximum absolute atomic E-state index is 12.4. The Balaban J connectivity index is 1.81. The van der Waals surface area contributed by atoms with Crippen molar-refractivity contribution < 1.29 is 14.3 Å². The molecule has 1 aliphatic carbocycles. The number of esters is 1. The third-order valence-electron chi connectivity index (χ3n) is 4.92. The van der Waals surface area contributed by atoms with E-state index in [1.807, 2.05) is 0 Å². The molecule has 0 aromatic heterocycles. The summed E-state index contributed by atoms with van der Waals surface area (Å²) >= 11 is 5.91. The molecular formula is C23H22ClNO3. The van der Waals surface area contributed by atoms with Crippen molar-refractivity contribution in [2.45, 2.75) is 32.1 Å². The van der Waals surface area contributed by atoms with E-state index in [1.165, 1.54) is 13.5 Å². The summed E-state index contributed by atoms with van der Waals surface area (Å²) in [7, 11) is 1.53. The molecule has 3 rings (SSSR count). The summed E-state index contributed by atoms with van der Waals surface area (Å²) in [5.74, 6) is 0.639. The quantitative estimate of drug-likeness (QED) is 0.274. The van der Waals surface area contributed by atoms with Crippen LogP contribution in [-0.4, -0.2) is 13.1 Å². The normalized spacial score (nSPS) is 15.0. The highest BCUT2D eigenvalue weighted by Gasteiger charge is 2.24. The number of rotatable bonds is 5. The van der Waals surface area contributed by atoms with Crippen LogP contribution in [0.25, 0.3) is 11.6 Å². The first kappa shape index (κ1) is 20.0. The maximum Gasteiger partial charge on any atom is 0.314 e. The van der Waals surface area contributed by atoms with Crippen LogP contribution in [0.3, 0.4) is 0 Å². The van der Waals surface area contributed by atoms with Gasteiger partial charge in [-0.1, -0.05) is 49.1 Å². The van der Waals surface area contributed by atoms with Gasteiger partial charge in [0.05, 0.1) is 24.7 Å². The molecule has 0 saturated heterocycles.